The summed E-state index contributed by atoms with van der Waals surface area (Å²) in [4.78, 5) is 11.6. The number of nitrogens with zero attached hydrogens (tertiary/aromatic N) is 4. The lowest BCUT2D eigenvalue weighted by Gasteiger charge is -2.12. The van der Waals surface area contributed by atoms with Crippen LogP contribution in [0.25, 0.3) is 0 Å². The smallest absolute Gasteiger partial charge is 0.156 e. The van der Waals surface area contributed by atoms with Crippen LogP contribution in [0.2, 0.25) is 0 Å². The number of Topliss-reactive ketones (excluding diaryl/α,β-unsaturated/α-hetero) is 1. The largest absolute Gasteiger partial charge is 0.399 e. The lowest BCUT2D eigenvalue weighted by molar-refractivity contribution is -0.122. The minimum Gasteiger partial charge on any atom is -0.399 e. The van der Waals surface area contributed by atoms with Gasteiger partial charge in [0.2, 0.25) is 0 Å². The molecule has 1 aromatic rings. The summed E-state index contributed by atoms with van der Waals surface area (Å²) in [5.41, 5.74) is 6.84. The number of aromatic nitrogens is 3. The molecule has 0 aliphatic carbocycles. The van der Waals surface area contributed by atoms with E-state index in [2.05, 4.69) is 10.3 Å². The van der Waals surface area contributed by atoms with E-state index in [4.69, 9.17) is 26.5 Å². The van der Waals surface area contributed by atoms with Crippen molar-refractivity contribution in [1.29, 1.82) is 5.41 Å². The number of nitrogens with two attached hydrogens (primary N) is 2. The van der Waals surface area contributed by atoms with E-state index in [1.807, 2.05) is 13.8 Å². The van der Waals surface area contributed by atoms with Crippen LogP contribution in [0.3, 0.4) is 0 Å². The molecule has 0 saturated heterocycles. The number of carbonyl (C=O) groups excluding carboxylic acids is 1. The zero-order chi connectivity index (χ0) is 18.7. The number of rotatable bonds is 13. The van der Waals surface area contributed by atoms with Crippen molar-refractivity contribution in [3.63, 3.8) is 0 Å². The molecule has 140 valence electrons. The van der Waals surface area contributed by atoms with Crippen molar-refractivity contribution in [3.8, 4) is 0 Å². The van der Waals surface area contributed by atoms with Gasteiger partial charge in [0, 0.05) is 18.3 Å². The van der Waals surface area contributed by atoms with Crippen LogP contribution in [0, 0.1) is 11.3 Å². The highest BCUT2D eigenvalue weighted by molar-refractivity contribution is 5.79. The summed E-state index contributed by atoms with van der Waals surface area (Å²) in [6, 6.07) is 0. The molecule has 0 aliphatic rings. The molecule has 10 nitrogen and oxygen atoms in total. The van der Waals surface area contributed by atoms with Gasteiger partial charge in [0.15, 0.2) is 5.78 Å². The van der Waals surface area contributed by atoms with Crippen LogP contribution in [0.1, 0.15) is 19.5 Å². The molecule has 0 aromatic carbocycles. The third-order valence-electron chi connectivity index (χ3n) is 3.07. The van der Waals surface area contributed by atoms with Gasteiger partial charge in [-0.3, -0.25) is 4.79 Å². The van der Waals surface area contributed by atoms with Gasteiger partial charge in [-0.05, 0) is 0 Å². The molecule has 1 aromatic heterocycles. The van der Waals surface area contributed by atoms with Crippen molar-refractivity contribution in [3.05, 3.63) is 23.8 Å². The van der Waals surface area contributed by atoms with Crippen molar-refractivity contribution >= 4 is 12.0 Å². The third kappa shape index (κ3) is 8.94. The molecule has 10 heteroatoms. The molecule has 5 N–H and O–H groups in total. The Bertz CT molecular complexity index is 571. The summed E-state index contributed by atoms with van der Waals surface area (Å²) in [5.74, 6) is 5.64. The fourth-order valence-corrected chi connectivity index (χ4v) is 1.72. The monoisotopic (exact) mass is 353 g/mol. The fourth-order valence-electron chi connectivity index (χ4n) is 1.72. The average Bonchev–Trinajstić information content (AvgIpc) is 2.98. The van der Waals surface area contributed by atoms with Gasteiger partial charge in [0.25, 0.3) is 0 Å². The Morgan fingerprint density at radius 3 is 2.84 bits per heavy atom. The highest BCUT2D eigenvalue weighted by Gasteiger charge is 2.09. The number of hydrogen-bond acceptors (Lipinski definition) is 9. The van der Waals surface area contributed by atoms with E-state index in [0.29, 0.717) is 31.2 Å². The summed E-state index contributed by atoms with van der Waals surface area (Å²) < 4.78 is 12.3. The Morgan fingerprint density at radius 1 is 1.44 bits per heavy atom. The first-order valence-corrected chi connectivity index (χ1v) is 7.96. The molecule has 0 spiro atoms. The molecule has 0 atom stereocenters. The standard InChI is InChI=1S/C15H27N7O3/c1-12(2)15(23)9-22-8-14(19-20-22)11-25-6-5-24-10-13(17)7-21(18)4-3-16/h3,7-8,12,16H,4-6,9-11,17-18H2,1-2H3/b13-7-,16-3?. The van der Waals surface area contributed by atoms with Crippen LogP contribution in [-0.2, 0) is 27.4 Å². The van der Waals surface area contributed by atoms with E-state index in [1.54, 1.807) is 6.20 Å². The highest BCUT2D eigenvalue weighted by atomic mass is 16.5. The molecule has 25 heavy (non-hydrogen) atoms. The second-order valence-corrected chi connectivity index (χ2v) is 5.74. The number of nitrogens with one attached hydrogen (secondary N) is 1. The number of hydrazine groups is 1. The molecule has 1 rings (SSSR count). The summed E-state index contributed by atoms with van der Waals surface area (Å²) in [6.45, 7) is 5.46. The maximum Gasteiger partial charge on any atom is 0.156 e. The van der Waals surface area contributed by atoms with Crippen LogP contribution < -0.4 is 11.6 Å². The lowest BCUT2D eigenvalue weighted by atomic mass is 10.1. The van der Waals surface area contributed by atoms with Crippen LogP contribution in [0.15, 0.2) is 18.1 Å². The SMILES string of the molecule is CC(C)C(=O)Cn1cc(COCCOC/C(N)=C/N(N)CC=N)nn1. The van der Waals surface area contributed by atoms with E-state index < -0.39 is 0 Å². The second kappa shape index (κ2) is 11.3. The van der Waals surface area contributed by atoms with Crippen molar-refractivity contribution in [1.82, 2.24) is 20.0 Å². The summed E-state index contributed by atoms with van der Waals surface area (Å²) >= 11 is 0. The Kier molecular flexibility index (Phi) is 9.37. The van der Waals surface area contributed by atoms with Gasteiger partial charge in [0.05, 0.1) is 44.9 Å². The fraction of sp³-hybridized carbons (Fsp3) is 0.600. The number of carbonyl (C=O) groups is 1. The van der Waals surface area contributed by atoms with Crippen LogP contribution >= 0.6 is 0 Å². The molecule has 0 fully saturated rings. The van der Waals surface area contributed by atoms with Gasteiger partial charge < -0.3 is 25.6 Å². The van der Waals surface area contributed by atoms with Crippen molar-refractivity contribution in [2.24, 2.45) is 17.5 Å². The quantitative estimate of drug-likeness (QED) is 0.189. The van der Waals surface area contributed by atoms with Gasteiger partial charge in [-0.2, -0.15) is 0 Å². The Morgan fingerprint density at radius 2 is 2.16 bits per heavy atom. The molecular weight excluding hydrogens is 326 g/mol. The van der Waals surface area contributed by atoms with E-state index in [0.717, 1.165) is 0 Å². The van der Waals surface area contributed by atoms with E-state index >= 15 is 0 Å². The lowest BCUT2D eigenvalue weighted by Crippen LogP contribution is -2.28. The first-order chi connectivity index (χ1) is 11.9. The Hall–Kier alpha value is -2.30. The normalized spacial score (nSPS) is 11.8. The van der Waals surface area contributed by atoms with E-state index in [-0.39, 0.29) is 31.4 Å². The minimum atomic E-state index is -0.0287. The van der Waals surface area contributed by atoms with Gasteiger partial charge >= 0.3 is 0 Å². The molecular formula is C15H27N7O3. The van der Waals surface area contributed by atoms with E-state index in [1.165, 1.54) is 22.1 Å². The van der Waals surface area contributed by atoms with Crippen molar-refractivity contribution < 1.29 is 14.3 Å². The summed E-state index contributed by atoms with van der Waals surface area (Å²) in [7, 11) is 0. The third-order valence-corrected chi connectivity index (χ3v) is 3.07. The first kappa shape index (κ1) is 20.7. The molecule has 0 amide bonds. The zero-order valence-electron chi connectivity index (χ0n) is 14.7. The molecule has 0 radical (unpaired) electrons. The summed E-state index contributed by atoms with van der Waals surface area (Å²) in [6.07, 6.45) is 4.39. The van der Waals surface area contributed by atoms with Crippen molar-refractivity contribution in [2.45, 2.75) is 27.0 Å². The number of ether oxygens (including phenoxy) is 2. The summed E-state index contributed by atoms with van der Waals surface area (Å²) in [5, 5.41) is 16.1. The van der Waals surface area contributed by atoms with Gasteiger partial charge in [-0.15, -0.1) is 5.10 Å². The predicted octanol–water partition coefficient (Wildman–Crippen LogP) is -0.338. The maximum absolute atomic E-state index is 11.6. The molecule has 1 heterocycles. The van der Waals surface area contributed by atoms with E-state index in [9.17, 15) is 4.79 Å². The highest BCUT2D eigenvalue weighted by Crippen LogP contribution is 2.00. The Balaban J connectivity index is 2.17. The van der Waals surface area contributed by atoms with Gasteiger partial charge in [-0.25, -0.2) is 10.5 Å². The maximum atomic E-state index is 11.6. The van der Waals surface area contributed by atoms with Crippen LogP contribution in [-0.4, -0.2) is 58.4 Å². The minimum absolute atomic E-state index is 0.0287. The van der Waals surface area contributed by atoms with Crippen LogP contribution in [0.4, 0.5) is 0 Å². The van der Waals surface area contributed by atoms with Crippen molar-refractivity contribution in [2.75, 3.05) is 26.4 Å². The molecule has 0 saturated carbocycles. The Labute approximate surface area is 147 Å². The topological polar surface area (TPSA) is 145 Å². The molecule has 0 aliphatic heterocycles. The molecule has 0 bridgehead atoms. The van der Waals surface area contributed by atoms with Crippen LogP contribution in [0.5, 0.6) is 0 Å². The first-order valence-electron chi connectivity index (χ1n) is 7.96. The number of ketones is 1. The second-order valence-electron chi connectivity index (χ2n) is 5.74. The molecule has 0 unspecified atom stereocenters. The van der Waals surface area contributed by atoms with Gasteiger partial charge in [0.1, 0.15) is 12.2 Å². The van der Waals surface area contributed by atoms with Gasteiger partial charge in [-0.1, -0.05) is 19.1 Å². The average molecular weight is 353 g/mol. The predicted molar refractivity (Wildman–Crippen MR) is 92.3 cm³/mol. The number of hydrogen-bond donors (Lipinski definition) is 3. The zero-order valence-corrected chi connectivity index (χ0v) is 14.7.